The molecule has 3 heterocycles. The summed E-state index contributed by atoms with van der Waals surface area (Å²) in [6, 6.07) is 2.01. The molecule has 0 bridgehead atoms. The highest BCUT2D eigenvalue weighted by Crippen LogP contribution is 2.26. The number of rotatable bonds is 1. The molecule has 0 aromatic carbocycles. The van der Waals surface area contributed by atoms with Crippen LogP contribution in [0.25, 0.3) is 22.0 Å². The maximum absolute atomic E-state index is 4.17. The molecule has 0 spiro atoms. The molecule has 3 rings (SSSR count). The SMILES string of the molecule is Cn1cc(-c2c[nH]c3cnccc23)cn1. The Morgan fingerprint density at radius 1 is 1.33 bits per heavy atom. The van der Waals surface area contributed by atoms with E-state index in [1.54, 1.807) is 10.9 Å². The highest BCUT2D eigenvalue weighted by Gasteiger charge is 2.06. The van der Waals surface area contributed by atoms with E-state index in [4.69, 9.17) is 0 Å². The molecule has 0 saturated heterocycles. The van der Waals surface area contributed by atoms with Crippen molar-refractivity contribution in [3.8, 4) is 11.1 Å². The summed E-state index contributed by atoms with van der Waals surface area (Å²) < 4.78 is 1.80. The number of hydrogen-bond donors (Lipinski definition) is 1. The first-order chi connectivity index (χ1) is 7.34. The van der Waals surface area contributed by atoms with Gasteiger partial charge < -0.3 is 4.98 Å². The maximum atomic E-state index is 4.17. The molecule has 1 N–H and O–H groups in total. The lowest BCUT2D eigenvalue weighted by Crippen LogP contribution is -1.83. The number of aryl methyl sites for hydroxylation is 1. The fourth-order valence-corrected chi connectivity index (χ4v) is 1.77. The minimum atomic E-state index is 1.05. The molecule has 3 aromatic heterocycles. The number of fused-ring (bicyclic) bond motifs is 1. The van der Waals surface area contributed by atoms with Crippen LogP contribution in [0.4, 0.5) is 0 Å². The van der Waals surface area contributed by atoms with Gasteiger partial charge in [0, 0.05) is 42.2 Å². The number of nitrogens with one attached hydrogen (secondary N) is 1. The predicted octanol–water partition coefficient (Wildman–Crippen LogP) is 1.96. The molecule has 0 amide bonds. The van der Waals surface area contributed by atoms with Gasteiger partial charge in [-0.2, -0.15) is 5.10 Å². The third-order valence-electron chi connectivity index (χ3n) is 2.50. The Bertz CT molecular complexity index is 606. The van der Waals surface area contributed by atoms with Crippen LogP contribution in [-0.2, 0) is 7.05 Å². The van der Waals surface area contributed by atoms with Crippen LogP contribution in [0.5, 0.6) is 0 Å². The number of pyridine rings is 1. The number of H-pyrrole nitrogens is 1. The van der Waals surface area contributed by atoms with E-state index in [1.807, 2.05) is 37.9 Å². The molecule has 3 aromatic rings. The summed E-state index contributed by atoms with van der Waals surface area (Å²) >= 11 is 0. The standard InChI is InChI=1S/C11H10N4/c1-15-7-8(4-14-15)10-5-13-11-6-12-3-2-9(10)11/h2-7,13H,1H3. The zero-order valence-corrected chi connectivity index (χ0v) is 8.31. The molecule has 4 nitrogen and oxygen atoms in total. The number of aromatic nitrogens is 4. The van der Waals surface area contributed by atoms with Gasteiger partial charge in [-0.3, -0.25) is 9.67 Å². The lowest BCUT2D eigenvalue weighted by molar-refractivity contribution is 0.768. The predicted molar refractivity (Wildman–Crippen MR) is 58.3 cm³/mol. The van der Waals surface area contributed by atoms with Crippen LogP contribution in [0.15, 0.2) is 37.1 Å². The van der Waals surface area contributed by atoms with Gasteiger partial charge >= 0.3 is 0 Å². The molecule has 0 aliphatic carbocycles. The van der Waals surface area contributed by atoms with Crippen LogP contribution in [0, 0.1) is 0 Å². The molecule has 0 aliphatic heterocycles. The van der Waals surface area contributed by atoms with Crippen LogP contribution in [-0.4, -0.2) is 19.7 Å². The molecule has 74 valence electrons. The Labute approximate surface area is 86.6 Å². The van der Waals surface area contributed by atoms with E-state index in [-0.39, 0.29) is 0 Å². The number of hydrogen-bond acceptors (Lipinski definition) is 2. The third-order valence-corrected chi connectivity index (χ3v) is 2.50. The molecule has 0 atom stereocenters. The van der Waals surface area contributed by atoms with E-state index in [1.165, 1.54) is 10.9 Å². The molecule has 0 saturated carbocycles. The molecule has 15 heavy (non-hydrogen) atoms. The van der Waals surface area contributed by atoms with Crippen LogP contribution >= 0.6 is 0 Å². The first-order valence-electron chi connectivity index (χ1n) is 4.75. The molecule has 0 fully saturated rings. The fourth-order valence-electron chi connectivity index (χ4n) is 1.77. The highest BCUT2D eigenvalue weighted by molar-refractivity contribution is 5.94. The number of aromatic amines is 1. The van der Waals surface area contributed by atoms with Crippen molar-refractivity contribution in [1.29, 1.82) is 0 Å². The summed E-state index contributed by atoms with van der Waals surface area (Å²) in [6.07, 6.45) is 9.49. The van der Waals surface area contributed by atoms with E-state index in [0.717, 1.165) is 11.1 Å². The first kappa shape index (κ1) is 8.23. The first-order valence-corrected chi connectivity index (χ1v) is 4.75. The van der Waals surface area contributed by atoms with Crippen molar-refractivity contribution in [2.45, 2.75) is 0 Å². The summed E-state index contributed by atoms with van der Waals surface area (Å²) in [4.78, 5) is 7.27. The average molecular weight is 198 g/mol. The Morgan fingerprint density at radius 3 is 3.07 bits per heavy atom. The van der Waals surface area contributed by atoms with Gasteiger partial charge in [0.15, 0.2) is 0 Å². The molecule has 0 radical (unpaired) electrons. The maximum Gasteiger partial charge on any atom is 0.0646 e. The van der Waals surface area contributed by atoms with Gasteiger partial charge in [-0.15, -0.1) is 0 Å². The van der Waals surface area contributed by atoms with Gasteiger partial charge in [-0.25, -0.2) is 0 Å². The fraction of sp³-hybridized carbons (Fsp3) is 0.0909. The van der Waals surface area contributed by atoms with Crippen molar-refractivity contribution in [2.75, 3.05) is 0 Å². The van der Waals surface area contributed by atoms with Crippen molar-refractivity contribution in [2.24, 2.45) is 7.05 Å². The Hall–Kier alpha value is -2.10. The largest absolute Gasteiger partial charge is 0.359 e. The molecular weight excluding hydrogens is 188 g/mol. The summed E-state index contributed by atoms with van der Waals surface area (Å²) in [5, 5.41) is 5.35. The van der Waals surface area contributed by atoms with Gasteiger partial charge in [0.25, 0.3) is 0 Å². The van der Waals surface area contributed by atoms with Gasteiger partial charge in [-0.1, -0.05) is 0 Å². The van der Waals surface area contributed by atoms with Crippen LogP contribution in [0.2, 0.25) is 0 Å². The number of nitrogens with zero attached hydrogens (tertiary/aromatic N) is 3. The Morgan fingerprint density at radius 2 is 2.27 bits per heavy atom. The summed E-state index contributed by atoms with van der Waals surface area (Å²) in [5.41, 5.74) is 3.34. The van der Waals surface area contributed by atoms with Gasteiger partial charge in [0.1, 0.15) is 0 Å². The van der Waals surface area contributed by atoms with Crippen LogP contribution in [0.1, 0.15) is 0 Å². The van der Waals surface area contributed by atoms with Crippen molar-refractivity contribution in [3.05, 3.63) is 37.1 Å². The average Bonchev–Trinajstić information content (AvgIpc) is 2.83. The summed E-state index contributed by atoms with van der Waals surface area (Å²) in [5.74, 6) is 0. The van der Waals surface area contributed by atoms with E-state index >= 15 is 0 Å². The molecular formula is C11H10N4. The van der Waals surface area contributed by atoms with Crippen molar-refractivity contribution < 1.29 is 0 Å². The van der Waals surface area contributed by atoms with Crippen LogP contribution < -0.4 is 0 Å². The Kier molecular flexibility index (Phi) is 1.62. The monoisotopic (exact) mass is 198 g/mol. The van der Waals surface area contributed by atoms with Crippen molar-refractivity contribution in [3.63, 3.8) is 0 Å². The third kappa shape index (κ3) is 1.22. The van der Waals surface area contributed by atoms with Gasteiger partial charge in [0.05, 0.1) is 17.9 Å². The van der Waals surface area contributed by atoms with E-state index < -0.39 is 0 Å². The van der Waals surface area contributed by atoms with E-state index in [9.17, 15) is 0 Å². The summed E-state index contributed by atoms with van der Waals surface area (Å²) in [6.45, 7) is 0. The molecule has 0 unspecified atom stereocenters. The van der Waals surface area contributed by atoms with Crippen molar-refractivity contribution in [1.82, 2.24) is 19.7 Å². The summed E-state index contributed by atoms with van der Waals surface area (Å²) in [7, 11) is 1.92. The van der Waals surface area contributed by atoms with Crippen LogP contribution in [0.3, 0.4) is 0 Å². The van der Waals surface area contributed by atoms with Crippen molar-refractivity contribution >= 4 is 10.9 Å². The van der Waals surface area contributed by atoms with Gasteiger partial charge in [0.2, 0.25) is 0 Å². The van der Waals surface area contributed by atoms with Gasteiger partial charge in [-0.05, 0) is 6.07 Å². The Balaban J connectivity index is 2.27. The van der Waals surface area contributed by atoms with E-state index in [2.05, 4.69) is 15.1 Å². The van der Waals surface area contributed by atoms with E-state index in [0.29, 0.717) is 0 Å². The second kappa shape index (κ2) is 2.95. The smallest absolute Gasteiger partial charge is 0.0646 e. The second-order valence-corrected chi connectivity index (χ2v) is 3.53. The molecule has 4 heteroatoms. The minimum Gasteiger partial charge on any atom is -0.359 e. The normalized spacial score (nSPS) is 11.0. The minimum absolute atomic E-state index is 1.05. The quantitative estimate of drug-likeness (QED) is 0.649. The zero-order chi connectivity index (χ0) is 10.3. The topological polar surface area (TPSA) is 46.5 Å². The highest BCUT2D eigenvalue weighted by atomic mass is 15.2. The second-order valence-electron chi connectivity index (χ2n) is 3.53. The molecule has 0 aliphatic rings. The zero-order valence-electron chi connectivity index (χ0n) is 8.31. The lowest BCUT2D eigenvalue weighted by Gasteiger charge is -1.92. The lowest BCUT2D eigenvalue weighted by atomic mass is 10.1.